The fourth-order valence-electron chi connectivity index (χ4n) is 11.0. The Balaban J connectivity index is 1.60. The van der Waals surface area contributed by atoms with Crippen LogP contribution >= 0.6 is 0 Å². The van der Waals surface area contributed by atoms with Gasteiger partial charge >= 0.3 is 5.97 Å². The number of carbonyl (C=O) groups is 1. The van der Waals surface area contributed by atoms with Gasteiger partial charge in [-0.3, -0.25) is 4.79 Å². The molecule has 3 N–H and O–H groups in total. The van der Waals surface area contributed by atoms with Crippen LogP contribution in [0.5, 0.6) is 0 Å². The molecule has 4 unspecified atom stereocenters. The van der Waals surface area contributed by atoms with Gasteiger partial charge < -0.3 is 15.3 Å². The lowest BCUT2D eigenvalue weighted by atomic mass is 9.33. The lowest BCUT2D eigenvalue weighted by Gasteiger charge is -2.71. The summed E-state index contributed by atoms with van der Waals surface area (Å²) in [6, 6.07) is 0. The van der Waals surface area contributed by atoms with E-state index in [0.717, 1.165) is 38.5 Å². The minimum absolute atomic E-state index is 0.0304. The zero-order chi connectivity index (χ0) is 25.1. The molecule has 4 fully saturated rings. The zero-order valence-corrected chi connectivity index (χ0v) is 22.5. The zero-order valence-electron chi connectivity index (χ0n) is 22.5. The minimum Gasteiger partial charge on any atom is -0.481 e. The maximum atomic E-state index is 12.2. The van der Waals surface area contributed by atoms with Crippen molar-refractivity contribution in [3.63, 3.8) is 0 Å². The number of fused-ring (bicyclic) bond motifs is 7. The van der Waals surface area contributed by atoms with E-state index >= 15 is 0 Å². The van der Waals surface area contributed by atoms with Gasteiger partial charge in [0.2, 0.25) is 0 Å². The van der Waals surface area contributed by atoms with Gasteiger partial charge in [-0.25, -0.2) is 0 Å². The van der Waals surface area contributed by atoms with E-state index in [1.165, 1.54) is 12.0 Å². The lowest BCUT2D eigenvalue weighted by Crippen LogP contribution is -2.65. The van der Waals surface area contributed by atoms with E-state index < -0.39 is 18.0 Å². The standard InChI is InChI=1S/C30H48O4/c1-17-18(25(33)34)16-23(32)28(5)14-15-29(6)19(24(17)28)8-9-21-27(4)12-11-22(31)26(2,3)20(27)10-13-30(21,29)7/h8,17-18,20-24,31-32H,9-16H2,1-7H3,(H,33,34)/t17?,18?,20-,21+,22?,23?,24-,27-,28-,29+,30+/m0/s1. The predicted molar refractivity (Wildman–Crippen MR) is 134 cm³/mol. The Labute approximate surface area is 206 Å². The highest BCUT2D eigenvalue weighted by molar-refractivity contribution is 5.71. The van der Waals surface area contributed by atoms with Crippen molar-refractivity contribution in [2.75, 3.05) is 0 Å². The highest BCUT2D eigenvalue weighted by atomic mass is 16.4. The summed E-state index contributed by atoms with van der Waals surface area (Å²) in [5.74, 6) is 0.0357. The number of aliphatic hydroxyl groups excluding tert-OH is 2. The molecule has 4 saturated carbocycles. The summed E-state index contributed by atoms with van der Waals surface area (Å²) in [6.45, 7) is 16.5. The molecule has 5 rings (SSSR count). The molecule has 0 aromatic heterocycles. The maximum Gasteiger partial charge on any atom is 0.306 e. The largest absolute Gasteiger partial charge is 0.481 e. The van der Waals surface area contributed by atoms with Crippen LogP contribution in [0.1, 0.15) is 99.8 Å². The first-order valence-corrected chi connectivity index (χ1v) is 13.9. The number of hydrogen-bond donors (Lipinski definition) is 3. The molecule has 0 aromatic carbocycles. The van der Waals surface area contributed by atoms with Crippen molar-refractivity contribution >= 4 is 5.97 Å². The third-order valence-electron chi connectivity index (χ3n) is 13.4. The summed E-state index contributed by atoms with van der Waals surface area (Å²) in [7, 11) is 0. The fraction of sp³-hybridized carbons (Fsp3) is 0.900. The van der Waals surface area contributed by atoms with Crippen LogP contribution in [0.3, 0.4) is 0 Å². The van der Waals surface area contributed by atoms with Crippen molar-refractivity contribution in [3.8, 4) is 0 Å². The monoisotopic (exact) mass is 472 g/mol. The summed E-state index contributed by atoms with van der Waals surface area (Å²) >= 11 is 0. The molecule has 11 atom stereocenters. The van der Waals surface area contributed by atoms with Gasteiger partial charge in [0, 0.05) is 5.41 Å². The molecule has 0 amide bonds. The number of aliphatic carboxylic acids is 1. The van der Waals surface area contributed by atoms with E-state index in [1.807, 2.05) is 0 Å². The smallest absolute Gasteiger partial charge is 0.306 e. The van der Waals surface area contributed by atoms with Gasteiger partial charge in [-0.2, -0.15) is 0 Å². The first-order chi connectivity index (χ1) is 15.6. The molecule has 192 valence electrons. The molecule has 0 heterocycles. The number of allylic oxidation sites excluding steroid dienone is 2. The quantitative estimate of drug-likeness (QED) is 0.405. The van der Waals surface area contributed by atoms with Crippen LogP contribution in [0, 0.1) is 56.7 Å². The Bertz CT molecular complexity index is 907. The molecule has 0 spiro atoms. The minimum atomic E-state index is -0.752. The second kappa shape index (κ2) is 7.34. The normalized spacial score (nSPS) is 56.3. The summed E-state index contributed by atoms with van der Waals surface area (Å²) in [4.78, 5) is 12.2. The van der Waals surface area contributed by atoms with Crippen molar-refractivity contribution < 1.29 is 20.1 Å². The van der Waals surface area contributed by atoms with E-state index in [2.05, 4.69) is 54.5 Å². The highest BCUT2D eigenvalue weighted by Gasteiger charge is 2.69. The number of rotatable bonds is 1. The third kappa shape index (κ3) is 2.82. The van der Waals surface area contributed by atoms with E-state index in [-0.39, 0.29) is 45.0 Å². The first-order valence-electron chi connectivity index (χ1n) is 13.9. The van der Waals surface area contributed by atoms with Crippen LogP contribution < -0.4 is 0 Å². The number of carboxylic acid groups (broad SMARTS) is 1. The van der Waals surface area contributed by atoms with Gasteiger partial charge in [-0.15, -0.1) is 0 Å². The highest BCUT2D eigenvalue weighted by Crippen LogP contribution is 2.75. The molecule has 0 radical (unpaired) electrons. The van der Waals surface area contributed by atoms with Gasteiger partial charge in [-0.05, 0) is 96.7 Å². The third-order valence-corrected chi connectivity index (χ3v) is 13.4. The molecule has 5 aliphatic rings. The van der Waals surface area contributed by atoms with Crippen molar-refractivity contribution in [2.45, 2.75) is 112 Å². The second-order valence-electron chi connectivity index (χ2n) is 14.7. The maximum absolute atomic E-state index is 12.2. The van der Waals surface area contributed by atoms with Crippen LogP contribution in [-0.4, -0.2) is 33.5 Å². The van der Waals surface area contributed by atoms with Crippen molar-refractivity contribution in [1.82, 2.24) is 0 Å². The lowest BCUT2D eigenvalue weighted by molar-refractivity contribution is -0.209. The number of hydrogen-bond acceptors (Lipinski definition) is 3. The van der Waals surface area contributed by atoms with Crippen LogP contribution in [0.25, 0.3) is 0 Å². The molecule has 34 heavy (non-hydrogen) atoms. The molecule has 0 aliphatic heterocycles. The van der Waals surface area contributed by atoms with Crippen molar-refractivity contribution in [1.29, 1.82) is 0 Å². The van der Waals surface area contributed by atoms with Crippen molar-refractivity contribution in [2.24, 2.45) is 56.7 Å². The van der Waals surface area contributed by atoms with Gasteiger partial charge in [0.15, 0.2) is 0 Å². The fourth-order valence-corrected chi connectivity index (χ4v) is 11.0. The topological polar surface area (TPSA) is 77.8 Å². The molecule has 4 heteroatoms. The summed E-state index contributed by atoms with van der Waals surface area (Å²) in [5.41, 5.74) is 1.57. The average molecular weight is 473 g/mol. The molecule has 0 saturated heterocycles. The molecule has 0 aromatic rings. The van der Waals surface area contributed by atoms with E-state index in [1.54, 1.807) is 0 Å². The van der Waals surface area contributed by atoms with Crippen molar-refractivity contribution in [3.05, 3.63) is 11.6 Å². The van der Waals surface area contributed by atoms with Crippen LogP contribution in [0.4, 0.5) is 0 Å². The Morgan fingerprint density at radius 1 is 0.882 bits per heavy atom. The SMILES string of the molecule is CC1C(C(=O)O)CC(O)[C@]2(C)CC[C@]3(C)C(=CC[C@@H]4[C@@]5(C)CCC(O)C(C)(C)[C@@H]5CC[C@]43C)[C@H]12. The van der Waals surface area contributed by atoms with Gasteiger partial charge in [0.05, 0.1) is 18.1 Å². The summed E-state index contributed by atoms with van der Waals surface area (Å²) in [6.07, 6.45) is 9.55. The summed E-state index contributed by atoms with van der Waals surface area (Å²) in [5, 5.41) is 32.1. The molecule has 0 bridgehead atoms. The average Bonchev–Trinajstić information content (AvgIpc) is 2.74. The predicted octanol–water partition coefficient (Wildman–Crippen LogP) is 6.06. The van der Waals surface area contributed by atoms with E-state index in [9.17, 15) is 20.1 Å². The molecular formula is C30H48O4. The van der Waals surface area contributed by atoms with E-state index in [0.29, 0.717) is 18.3 Å². The van der Waals surface area contributed by atoms with Gasteiger partial charge in [-0.1, -0.05) is 60.1 Å². The molecule has 5 aliphatic carbocycles. The Hall–Kier alpha value is -0.870. The van der Waals surface area contributed by atoms with Crippen LogP contribution in [-0.2, 0) is 4.79 Å². The Morgan fingerprint density at radius 2 is 1.56 bits per heavy atom. The van der Waals surface area contributed by atoms with Gasteiger partial charge in [0.1, 0.15) is 0 Å². The Kier molecular flexibility index (Phi) is 5.36. The molecule has 4 nitrogen and oxygen atoms in total. The number of aliphatic hydroxyl groups is 2. The van der Waals surface area contributed by atoms with Crippen LogP contribution in [0.2, 0.25) is 0 Å². The molecular weight excluding hydrogens is 424 g/mol. The second-order valence-corrected chi connectivity index (χ2v) is 14.7. The van der Waals surface area contributed by atoms with Gasteiger partial charge in [0.25, 0.3) is 0 Å². The Morgan fingerprint density at radius 3 is 2.21 bits per heavy atom. The number of carboxylic acids is 1. The van der Waals surface area contributed by atoms with E-state index in [4.69, 9.17) is 0 Å². The first kappa shape index (κ1) is 24.8. The van der Waals surface area contributed by atoms with Crippen LogP contribution in [0.15, 0.2) is 11.6 Å². The summed E-state index contributed by atoms with van der Waals surface area (Å²) < 4.78 is 0.